The number of esters is 3. The molecule has 0 amide bonds. The molecule has 0 aromatic rings. The number of rotatable bonds is 43. The van der Waals surface area contributed by atoms with Crippen LogP contribution in [-0.4, -0.2) is 37.2 Å². The Hall–Kier alpha value is -1.59. The first kappa shape index (κ1) is 52.4. The first-order chi connectivity index (χ1) is 26.4. The monoisotopic (exact) mass is 765 g/mol. The van der Waals surface area contributed by atoms with Crippen molar-refractivity contribution in [3.8, 4) is 0 Å². The molecule has 0 radical (unpaired) electrons. The highest BCUT2D eigenvalue weighted by Gasteiger charge is 2.19. The molecular formula is C48H92O6. The maximum atomic E-state index is 12.7. The van der Waals surface area contributed by atoms with E-state index >= 15 is 0 Å². The number of carbonyl (C=O) groups excluding carboxylic acids is 3. The van der Waals surface area contributed by atoms with E-state index in [0.29, 0.717) is 19.3 Å². The van der Waals surface area contributed by atoms with Gasteiger partial charge in [-0.05, 0) is 25.2 Å². The van der Waals surface area contributed by atoms with Crippen molar-refractivity contribution in [2.45, 2.75) is 271 Å². The molecule has 0 aromatic carbocycles. The molecule has 0 N–H and O–H groups in total. The Morgan fingerprint density at radius 2 is 0.648 bits per heavy atom. The van der Waals surface area contributed by atoms with Gasteiger partial charge in [-0.15, -0.1) is 0 Å². The molecule has 54 heavy (non-hydrogen) atoms. The zero-order valence-electron chi connectivity index (χ0n) is 36.7. The predicted molar refractivity (Wildman–Crippen MR) is 229 cm³/mol. The van der Waals surface area contributed by atoms with Crippen molar-refractivity contribution in [3.63, 3.8) is 0 Å². The Labute approximate surface area is 336 Å². The Bertz CT molecular complexity index is 813. The van der Waals surface area contributed by atoms with Crippen LogP contribution in [0.3, 0.4) is 0 Å². The molecule has 1 unspecified atom stereocenters. The lowest BCUT2D eigenvalue weighted by atomic mass is 10.00. The van der Waals surface area contributed by atoms with Crippen LogP contribution in [0.5, 0.6) is 0 Å². The molecule has 0 spiro atoms. The van der Waals surface area contributed by atoms with Gasteiger partial charge in [0.2, 0.25) is 0 Å². The Morgan fingerprint density at radius 3 is 0.963 bits per heavy atom. The standard InChI is InChI=1S/C48H92O6/c1-5-8-10-12-14-16-17-18-19-20-21-22-23-25-26-31-35-39-46(49)52-42-45(54-48(51)41-37-33-27-24-15-13-11-9-6-2)43-53-47(50)40-36-32-29-28-30-34-38-44(4)7-3/h44-45H,5-43H2,1-4H3/t44?,45-/m1/s1. The van der Waals surface area contributed by atoms with E-state index in [0.717, 1.165) is 63.7 Å². The summed E-state index contributed by atoms with van der Waals surface area (Å²) in [5.74, 6) is -0.0422. The third kappa shape index (κ3) is 40.1. The fourth-order valence-corrected chi connectivity index (χ4v) is 7.12. The van der Waals surface area contributed by atoms with Crippen molar-refractivity contribution >= 4 is 17.9 Å². The van der Waals surface area contributed by atoms with Crippen molar-refractivity contribution < 1.29 is 28.6 Å². The summed E-state index contributed by atoms with van der Waals surface area (Å²) < 4.78 is 16.7. The average Bonchev–Trinajstić information content (AvgIpc) is 3.17. The first-order valence-electron chi connectivity index (χ1n) is 23.9. The Morgan fingerprint density at radius 1 is 0.370 bits per heavy atom. The summed E-state index contributed by atoms with van der Waals surface area (Å²) in [7, 11) is 0. The van der Waals surface area contributed by atoms with Gasteiger partial charge in [0, 0.05) is 19.3 Å². The Balaban J connectivity index is 4.23. The van der Waals surface area contributed by atoms with Gasteiger partial charge >= 0.3 is 17.9 Å². The Kier molecular flexibility index (Phi) is 41.3. The summed E-state index contributed by atoms with van der Waals surface area (Å²) >= 11 is 0. The molecule has 2 atom stereocenters. The van der Waals surface area contributed by atoms with Gasteiger partial charge in [-0.1, -0.05) is 227 Å². The minimum atomic E-state index is -0.759. The minimum absolute atomic E-state index is 0.0643. The summed E-state index contributed by atoms with van der Waals surface area (Å²) in [6.45, 7) is 8.96. The van der Waals surface area contributed by atoms with Crippen LogP contribution in [0.15, 0.2) is 0 Å². The maximum Gasteiger partial charge on any atom is 0.306 e. The van der Waals surface area contributed by atoms with Gasteiger partial charge in [0.1, 0.15) is 13.2 Å². The molecule has 0 rings (SSSR count). The van der Waals surface area contributed by atoms with E-state index in [4.69, 9.17) is 14.2 Å². The van der Waals surface area contributed by atoms with Crippen LogP contribution in [0.1, 0.15) is 265 Å². The number of unbranched alkanes of at least 4 members (excludes halogenated alkanes) is 29. The van der Waals surface area contributed by atoms with Crippen molar-refractivity contribution in [1.82, 2.24) is 0 Å². The third-order valence-electron chi connectivity index (χ3n) is 11.2. The molecule has 6 heteroatoms. The summed E-state index contributed by atoms with van der Waals surface area (Å²) in [6.07, 6.45) is 42.4. The zero-order chi connectivity index (χ0) is 39.6. The lowest BCUT2D eigenvalue weighted by Gasteiger charge is -2.18. The van der Waals surface area contributed by atoms with Gasteiger partial charge in [0.05, 0.1) is 0 Å². The molecule has 320 valence electrons. The minimum Gasteiger partial charge on any atom is -0.462 e. The highest BCUT2D eigenvalue weighted by atomic mass is 16.6. The molecule has 0 aliphatic rings. The number of hydrogen-bond acceptors (Lipinski definition) is 6. The molecule has 0 fully saturated rings. The van der Waals surface area contributed by atoms with Crippen molar-refractivity contribution in [2.24, 2.45) is 5.92 Å². The molecule has 0 aromatic heterocycles. The van der Waals surface area contributed by atoms with E-state index in [2.05, 4.69) is 27.7 Å². The number of hydrogen-bond donors (Lipinski definition) is 0. The topological polar surface area (TPSA) is 78.9 Å². The highest BCUT2D eigenvalue weighted by Crippen LogP contribution is 2.17. The van der Waals surface area contributed by atoms with Gasteiger partial charge in [-0.25, -0.2) is 0 Å². The van der Waals surface area contributed by atoms with Gasteiger partial charge < -0.3 is 14.2 Å². The van der Waals surface area contributed by atoms with E-state index < -0.39 is 6.10 Å². The molecule has 0 aliphatic carbocycles. The summed E-state index contributed by atoms with van der Waals surface area (Å²) in [5, 5.41) is 0. The normalized spacial score (nSPS) is 12.4. The maximum absolute atomic E-state index is 12.7. The second-order valence-corrected chi connectivity index (χ2v) is 16.6. The smallest absolute Gasteiger partial charge is 0.306 e. The van der Waals surface area contributed by atoms with Crippen LogP contribution >= 0.6 is 0 Å². The molecular weight excluding hydrogens is 673 g/mol. The van der Waals surface area contributed by atoms with E-state index in [1.54, 1.807) is 0 Å². The van der Waals surface area contributed by atoms with E-state index in [1.807, 2.05) is 0 Å². The van der Waals surface area contributed by atoms with Gasteiger partial charge in [0.15, 0.2) is 6.10 Å². The van der Waals surface area contributed by atoms with Crippen LogP contribution in [0, 0.1) is 5.92 Å². The van der Waals surface area contributed by atoms with Crippen LogP contribution in [0.2, 0.25) is 0 Å². The summed E-state index contributed by atoms with van der Waals surface area (Å²) in [5.41, 5.74) is 0. The lowest BCUT2D eigenvalue weighted by Crippen LogP contribution is -2.30. The zero-order valence-corrected chi connectivity index (χ0v) is 36.7. The van der Waals surface area contributed by atoms with E-state index in [9.17, 15) is 14.4 Å². The lowest BCUT2D eigenvalue weighted by molar-refractivity contribution is -0.167. The molecule has 6 nitrogen and oxygen atoms in total. The fraction of sp³-hybridized carbons (Fsp3) is 0.938. The van der Waals surface area contributed by atoms with Crippen LogP contribution in [-0.2, 0) is 28.6 Å². The first-order valence-corrected chi connectivity index (χ1v) is 23.9. The van der Waals surface area contributed by atoms with Crippen molar-refractivity contribution in [2.75, 3.05) is 13.2 Å². The largest absolute Gasteiger partial charge is 0.462 e. The van der Waals surface area contributed by atoms with Crippen molar-refractivity contribution in [3.05, 3.63) is 0 Å². The summed E-state index contributed by atoms with van der Waals surface area (Å²) in [6, 6.07) is 0. The third-order valence-corrected chi connectivity index (χ3v) is 11.2. The SMILES string of the molecule is CCCCCCCCCCCCCCCCCCCC(=O)OC[C@H](COC(=O)CCCCCCCCC(C)CC)OC(=O)CCCCCCCCCCC. The fourth-order valence-electron chi connectivity index (χ4n) is 7.12. The van der Waals surface area contributed by atoms with E-state index in [1.165, 1.54) is 161 Å². The molecule has 0 heterocycles. The van der Waals surface area contributed by atoms with Gasteiger partial charge in [-0.2, -0.15) is 0 Å². The average molecular weight is 765 g/mol. The molecule has 0 saturated carbocycles. The van der Waals surface area contributed by atoms with Gasteiger partial charge in [0.25, 0.3) is 0 Å². The number of carbonyl (C=O) groups is 3. The predicted octanol–water partition coefficient (Wildman–Crippen LogP) is 15.1. The molecule has 0 saturated heterocycles. The highest BCUT2D eigenvalue weighted by molar-refractivity contribution is 5.71. The second kappa shape index (κ2) is 42.6. The summed E-state index contributed by atoms with van der Waals surface area (Å²) in [4.78, 5) is 37.7. The van der Waals surface area contributed by atoms with Gasteiger partial charge in [-0.3, -0.25) is 14.4 Å². The van der Waals surface area contributed by atoms with Crippen molar-refractivity contribution in [1.29, 1.82) is 0 Å². The van der Waals surface area contributed by atoms with Crippen LogP contribution in [0.25, 0.3) is 0 Å². The molecule has 0 bridgehead atoms. The number of ether oxygens (including phenoxy) is 3. The van der Waals surface area contributed by atoms with Crippen LogP contribution < -0.4 is 0 Å². The quantitative estimate of drug-likeness (QED) is 0.0349. The van der Waals surface area contributed by atoms with Crippen LogP contribution in [0.4, 0.5) is 0 Å². The van der Waals surface area contributed by atoms with E-state index in [-0.39, 0.29) is 31.1 Å². The molecule has 0 aliphatic heterocycles. The second-order valence-electron chi connectivity index (χ2n) is 16.6.